The van der Waals surface area contributed by atoms with Gasteiger partial charge in [-0.1, -0.05) is 29.8 Å². The van der Waals surface area contributed by atoms with Gasteiger partial charge >= 0.3 is 0 Å². The van der Waals surface area contributed by atoms with Gasteiger partial charge in [-0.15, -0.1) is 0 Å². The molecule has 1 aliphatic heterocycles. The Hall–Kier alpha value is -1.08. The second-order valence-corrected chi connectivity index (χ2v) is 8.21. The van der Waals surface area contributed by atoms with Crippen LogP contribution in [0.25, 0.3) is 0 Å². The van der Waals surface area contributed by atoms with Crippen LogP contribution in [0.1, 0.15) is 5.56 Å². The van der Waals surface area contributed by atoms with Crippen molar-refractivity contribution in [3.63, 3.8) is 0 Å². The molecule has 0 bridgehead atoms. The van der Waals surface area contributed by atoms with E-state index in [4.69, 9.17) is 16.3 Å². The molecule has 26 heavy (non-hydrogen) atoms. The molecule has 0 spiro atoms. The van der Waals surface area contributed by atoms with E-state index in [2.05, 4.69) is 36.8 Å². The number of halogens is 3. The third-order valence-electron chi connectivity index (χ3n) is 4.31. The summed E-state index contributed by atoms with van der Waals surface area (Å²) in [4.78, 5) is 16.6. The fourth-order valence-electron chi connectivity index (χ4n) is 2.83. The predicted octanol–water partition coefficient (Wildman–Crippen LogP) is 4.59. The summed E-state index contributed by atoms with van der Waals surface area (Å²) >= 11 is 12.8. The molecule has 4 nitrogen and oxygen atoms in total. The van der Waals surface area contributed by atoms with E-state index in [1.165, 1.54) is 5.56 Å². The van der Waals surface area contributed by atoms with Crippen molar-refractivity contribution in [2.75, 3.05) is 32.8 Å². The molecule has 0 aromatic heterocycles. The molecule has 0 aliphatic carbocycles. The van der Waals surface area contributed by atoms with Gasteiger partial charge in [0.15, 0.2) is 6.61 Å². The highest BCUT2D eigenvalue weighted by molar-refractivity contribution is 9.13. The number of carbonyl (C=O) groups is 1. The predicted molar refractivity (Wildman–Crippen MR) is 111 cm³/mol. The van der Waals surface area contributed by atoms with Crippen molar-refractivity contribution >= 4 is 49.4 Å². The van der Waals surface area contributed by atoms with Gasteiger partial charge in [-0.2, -0.15) is 0 Å². The van der Waals surface area contributed by atoms with Gasteiger partial charge in [0.2, 0.25) is 0 Å². The van der Waals surface area contributed by atoms with Crippen molar-refractivity contribution in [1.82, 2.24) is 9.80 Å². The Balaban J connectivity index is 1.46. The maximum Gasteiger partial charge on any atom is 0.260 e. The average molecular weight is 503 g/mol. The monoisotopic (exact) mass is 500 g/mol. The summed E-state index contributed by atoms with van der Waals surface area (Å²) in [7, 11) is 0. The topological polar surface area (TPSA) is 32.8 Å². The van der Waals surface area contributed by atoms with Gasteiger partial charge in [0, 0.05) is 42.2 Å². The summed E-state index contributed by atoms with van der Waals surface area (Å²) < 4.78 is 7.39. The van der Waals surface area contributed by atoms with E-state index in [9.17, 15) is 4.79 Å². The Kier molecular flexibility index (Phi) is 6.98. The van der Waals surface area contributed by atoms with Crippen LogP contribution >= 0.6 is 43.5 Å². The lowest BCUT2D eigenvalue weighted by molar-refractivity contribution is -0.135. The summed E-state index contributed by atoms with van der Waals surface area (Å²) in [5.74, 6) is 0.678. The van der Waals surface area contributed by atoms with Gasteiger partial charge in [0.25, 0.3) is 5.91 Å². The van der Waals surface area contributed by atoms with Crippen LogP contribution in [-0.2, 0) is 11.3 Å². The zero-order valence-corrected chi connectivity index (χ0v) is 18.1. The lowest BCUT2D eigenvalue weighted by atomic mass is 10.2. The van der Waals surface area contributed by atoms with Crippen LogP contribution in [0.15, 0.2) is 51.4 Å². The molecule has 7 heteroatoms. The van der Waals surface area contributed by atoms with Crippen LogP contribution in [-0.4, -0.2) is 48.5 Å². The molecular formula is C19H19Br2ClN2O2. The van der Waals surface area contributed by atoms with E-state index in [0.717, 1.165) is 46.7 Å². The smallest absolute Gasteiger partial charge is 0.260 e. The van der Waals surface area contributed by atoms with Crippen LogP contribution in [0.5, 0.6) is 5.75 Å². The minimum absolute atomic E-state index is 0.0167. The maximum atomic E-state index is 12.4. The van der Waals surface area contributed by atoms with Crippen molar-refractivity contribution < 1.29 is 9.53 Å². The first kappa shape index (κ1) is 19.7. The van der Waals surface area contributed by atoms with E-state index >= 15 is 0 Å². The molecule has 1 amide bonds. The highest BCUT2D eigenvalue weighted by atomic mass is 79.9. The minimum Gasteiger partial charge on any atom is -0.483 e. The molecule has 2 aromatic carbocycles. The Labute approximate surface area is 175 Å². The van der Waals surface area contributed by atoms with Gasteiger partial charge in [-0.25, -0.2) is 0 Å². The fraction of sp³-hybridized carbons (Fsp3) is 0.316. The molecule has 0 unspecified atom stereocenters. The zero-order valence-electron chi connectivity index (χ0n) is 14.1. The molecule has 0 radical (unpaired) electrons. The van der Waals surface area contributed by atoms with E-state index in [1.54, 1.807) is 0 Å². The number of amides is 1. The summed E-state index contributed by atoms with van der Waals surface area (Å²) in [6.07, 6.45) is 0. The SMILES string of the molecule is O=C(COc1cccc(Br)c1Br)N1CCN(Cc2ccc(Cl)cc2)CC1. The maximum absolute atomic E-state index is 12.4. The average Bonchev–Trinajstić information content (AvgIpc) is 2.65. The fourth-order valence-corrected chi connectivity index (χ4v) is 3.68. The number of ether oxygens (including phenoxy) is 1. The molecule has 138 valence electrons. The van der Waals surface area contributed by atoms with Gasteiger partial charge < -0.3 is 9.64 Å². The molecule has 1 aliphatic rings. The molecule has 3 rings (SSSR count). The van der Waals surface area contributed by atoms with Crippen molar-refractivity contribution in [2.24, 2.45) is 0 Å². The zero-order chi connectivity index (χ0) is 18.5. The van der Waals surface area contributed by atoms with Crippen molar-refractivity contribution in [1.29, 1.82) is 0 Å². The van der Waals surface area contributed by atoms with Crippen LogP contribution in [0.2, 0.25) is 5.02 Å². The number of rotatable bonds is 5. The van der Waals surface area contributed by atoms with Crippen molar-refractivity contribution in [3.05, 3.63) is 62.0 Å². The standard InChI is InChI=1S/C19H19Br2ClN2O2/c20-16-2-1-3-17(19(16)21)26-13-18(25)24-10-8-23(9-11-24)12-14-4-6-15(22)7-5-14/h1-7H,8-13H2. The van der Waals surface area contributed by atoms with Crippen LogP contribution < -0.4 is 4.74 Å². The van der Waals surface area contributed by atoms with Crippen molar-refractivity contribution in [2.45, 2.75) is 6.54 Å². The molecule has 2 aromatic rings. The largest absolute Gasteiger partial charge is 0.483 e. The number of piperazine rings is 1. The van der Waals surface area contributed by atoms with E-state index in [0.29, 0.717) is 5.75 Å². The Morgan fingerprint density at radius 3 is 2.42 bits per heavy atom. The van der Waals surface area contributed by atoms with Gasteiger partial charge in [0.1, 0.15) is 5.75 Å². The van der Waals surface area contributed by atoms with Gasteiger partial charge in [-0.3, -0.25) is 9.69 Å². The molecular weight excluding hydrogens is 483 g/mol. The number of carbonyl (C=O) groups excluding carboxylic acids is 1. The Bertz CT molecular complexity index is 763. The van der Waals surface area contributed by atoms with Crippen LogP contribution in [0, 0.1) is 0 Å². The lowest BCUT2D eigenvalue weighted by Crippen LogP contribution is -2.49. The van der Waals surface area contributed by atoms with Gasteiger partial charge in [-0.05, 0) is 61.7 Å². The molecule has 0 N–H and O–H groups in total. The van der Waals surface area contributed by atoms with Crippen LogP contribution in [0.4, 0.5) is 0 Å². The third-order valence-corrected chi connectivity index (χ3v) is 6.57. The first-order chi connectivity index (χ1) is 12.5. The molecule has 1 saturated heterocycles. The molecule has 0 atom stereocenters. The van der Waals surface area contributed by atoms with E-state index in [-0.39, 0.29) is 12.5 Å². The van der Waals surface area contributed by atoms with E-state index in [1.807, 2.05) is 47.4 Å². The highest BCUT2D eigenvalue weighted by Crippen LogP contribution is 2.32. The second-order valence-electron chi connectivity index (χ2n) is 6.12. The third kappa shape index (κ3) is 5.22. The molecule has 1 heterocycles. The Morgan fingerprint density at radius 1 is 1.04 bits per heavy atom. The first-order valence-corrected chi connectivity index (χ1v) is 10.3. The highest BCUT2D eigenvalue weighted by Gasteiger charge is 2.21. The quantitative estimate of drug-likeness (QED) is 0.600. The normalized spacial score (nSPS) is 15.1. The van der Waals surface area contributed by atoms with Crippen molar-refractivity contribution in [3.8, 4) is 5.75 Å². The van der Waals surface area contributed by atoms with E-state index < -0.39 is 0 Å². The second kappa shape index (κ2) is 9.22. The molecule has 1 fully saturated rings. The number of nitrogens with zero attached hydrogens (tertiary/aromatic N) is 2. The number of hydrogen-bond acceptors (Lipinski definition) is 3. The first-order valence-electron chi connectivity index (χ1n) is 8.34. The summed E-state index contributed by atoms with van der Waals surface area (Å²) in [5.41, 5.74) is 1.23. The molecule has 0 saturated carbocycles. The van der Waals surface area contributed by atoms with Gasteiger partial charge in [0.05, 0.1) is 4.47 Å². The Morgan fingerprint density at radius 2 is 1.73 bits per heavy atom. The minimum atomic E-state index is 0.0167. The summed E-state index contributed by atoms with van der Waals surface area (Å²) in [6, 6.07) is 13.5. The number of hydrogen-bond donors (Lipinski definition) is 0. The lowest BCUT2D eigenvalue weighted by Gasteiger charge is -2.34. The summed E-state index contributed by atoms with van der Waals surface area (Å²) in [5, 5.41) is 0.751. The summed E-state index contributed by atoms with van der Waals surface area (Å²) in [6.45, 7) is 4.07. The number of benzene rings is 2. The van der Waals surface area contributed by atoms with Crippen LogP contribution in [0.3, 0.4) is 0 Å².